The van der Waals surface area contributed by atoms with Crippen molar-refractivity contribution in [2.45, 2.75) is 37.6 Å². The fourth-order valence-electron chi connectivity index (χ4n) is 1.89. The molecule has 19 heavy (non-hydrogen) atoms. The van der Waals surface area contributed by atoms with Crippen LogP contribution in [0.25, 0.3) is 0 Å². The Balaban J connectivity index is 2.52. The van der Waals surface area contributed by atoms with Crippen molar-refractivity contribution in [3.8, 4) is 0 Å². The maximum absolute atomic E-state index is 11.8. The Bertz CT molecular complexity index is 405. The molecule has 3 nitrogen and oxygen atoms in total. The molecule has 1 aromatic rings. The summed E-state index contributed by atoms with van der Waals surface area (Å²) in [5.74, 6) is 0.681. The molecule has 0 aliphatic carbocycles. The lowest BCUT2D eigenvalue weighted by Crippen LogP contribution is -2.50. The lowest BCUT2D eigenvalue weighted by molar-refractivity contribution is -0.147. The van der Waals surface area contributed by atoms with Crippen molar-refractivity contribution < 1.29 is 9.53 Å². The molecule has 1 N–H and O–H groups in total. The molecule has 0 aliphatic heterocycles. The average molecular weight is 281 g/mol. The van der Waals surface area contributed by atoms with Gasteiger partial charge in [-0.05, 0) is 38.9 Å². The smallest absolute Gasteiger partial charge is 0.325 e. The number of methoxy groups -OCH3 is 1. The first-order valence-corrected chi connectivity index (χ1v) is 7.53. The molecule has 0 aromatic heterocycles. The highest BCUT2D eigenvalue weighted by molar-refractivity contribution is 7.99. The number of hydrogen-bond acceptors (Lipinski definition) is 4. The molecular weight excluding hydrogens is 258 g/mol. The predicted molar refractivity (Wildman–Crippen MR) is 80.6 cm³/mol. The summed E-state index contributed by atoms with van der Waals surface area (Å²) in [6, 6.07) is 8.43. The minimum Gasteiger partial charge on any atom is -0.468 e. The Labute approximate surface area is 120 Å². The van der Waals surface area contributed by atoms with Crippen molar-refractivity contribution in [3.63, 3.8) is 0 Å². The number of nitrogens with one attached hydrogen (secondary N) is 1. The Hall–Kier alpha value is -1.00. The molecule has 0 saturated carbocycles. The topological polar surface area (TPSA) is 38.3 Å². The quantitative estimate of drug-likeness (QED) is 0.616. The van der Waals surface area contributed by atoms with E-state index >= 15 is 0 Å². The van der Waals surface area contributed by atoms with Gasteiger partial charge in [-0.25, -0.2) is 0 Å². The Kier molecular flexibility index (Phi) is 6.38. The van der Waals surface area contributed by atoms with E-state index in [1.165, 1.54) is 17.6 Å². The van der Waals surface area contributed by atoms with Gasteiger partial charge in [0.15, 0.2) is 0 Å². The minimum atomic E-state index is -0.596. The van der Waals surface area contributed by atoms with Gasteiger partial charge in [-0.15, -0.1) is 11.8 Å². The molecule has 0 saturated heterocycles. The molecule has 1 aromatic carbocycles. The number of carbonyl (C=O) groups excluding carboxylic acids is 1. The number of aryl methyl sites for hydroxylation is 1. The number of hydrogen-bond donors (Lipinski definition) is 1. The van der Waals surface area contributed by atoms with Gasteiger partial charge >= 0.3 is 5.97 Å². The largest absolute Gasteiger partial charge is 0.468 e. The normalized spacial score (nSPS) is 13.9. The van der Waals surface area contributed by atoms with Crippen LogP contribution in [0.3, 0.4) is 0 Å². The van der Waals surface area contributed by atoms with Gasteiger partial charge in [-0.3, -0.25) is 4.79 Å². The number of esters is 1. The molecule has 0 bridgehead atoms. The number of benzene rings is 1. The third-order valence-corrected chi connectivity index (χ3v) is 4.11. The number of carbonyl (C=O) groups is 1. The van der Waals surface area contributed by atoms with E-state index in [0.29, 0.717) is 0 Å². The molecule has 106 valence electrons. The summed E-state index contributed by atoms with van der Waals surface area (Å²) in [7, 11) is 1.44. The van der Waals surface area contributed by atoms with E-state index in [0.717, 1.165) is 18.7 Å². The van der Waals surface area contributed by atoms with E-state index in [1.807, 2.05) is 13.8 Å². The van der Waals surface area contributed by atoms with E-state index in [4.69, 9.17) is 4.74 Å². The summed E-state index contributed by atoms with van der Waals surface area (Å²) in [5, 5.41) is 3.22. The van der Waals surface area contributed by atoms with E-state index in [9.17, 15) is 4.79 Å². The highest BCUT2D eigenvalue weighted by Gasteiger charge is 2.32. The predicted octanol–water partition coefficient (Wildman–Crippen LogP) is 3.02. The van der Waals surface area contributed by atoms with Gasteiger partial charge in [-0.2, -0.15) is 0 Å². The van der Waals surface area contributed by atoms with Crippen molar-refractivity contribution >= 4 is 17.7 Å². The average Bonchev–Trinajstić information content (AvgIpc) is 2.40. The molecule has 0 spiro atoms. The fourth-order valence-corrected chi connectivity index (χ4v) is 2.96. The van der Waals surface area contributed by atoms with Gasteiger partial charge in [0.1, 0.15) is 5.54 Å². The van der Waals surface area contributed by atoms with Crippen molar-refractivity contribution in [2.24, 2.45) is 0 Å². The Morgan fingerprint density at radius 2 is 2.00 bits per heavy atom. The lowest BCUT2D eigenvalue weighted by Gasteiger charge is -2.27. The summed E-state index contributed by atoms with van der Waals surface area (Å²) < 4.78 is 4.88. The molecular formula is C15H23NO2S. The van der Waals surface area contributed by atoms with Crippen molar-refractivity contribution in [2.75, 3.05) is 19.4 Å². The minimum absolute atomic E-state index is 0.196. The van der Waals surface area contributed by atoms with E-state index in [2.05, 4.69) is 36.5 Å². The van der Waals surface area contributed by atoms with Crippen LogP contribution in [0, 0.1) is 6.92 Å². The molecule has 0 radical (unpaired) electrons. The summed E-state index contributed by atoms with van der Waals surface area (Å²) in [5.41, 5.74) is 0.665. The number of ether oxygens (including phenoxy) is 1. The van der Waals surface area contributed by atoms with Crippen molar-refractivity contribution in [1.29, 1.82) is 0 Å². The van der Waals surface area contributed by atoms with Crippen LogP contribution in [0.4, 0.5) is 0 Å². The maximum Gasteiger partial charge on any atom is 0.325 e. The van der Waals surface area contributed by atoms with Crippen LogP contribution in [-0.4, -0.2) is 30.9 Å². The molecule has 4 heteroatoms. The molecule has 0 aliphatic rings. The van der Waals surface area contributed by atoms with Crippen molar-refractivity contribution in [3.05, 3.63) is 29.8 Å². The van der Waals surface area contributed by atoms with Crippen LogP contribution in [0.1, 0.15) is 25.8 Å². The van der Waals surface area contributed by atoms with Crippen LogP contribution >= 0.6 is 11.8 Å². The molecule has 1 unspecified atom stereocenters. The third kappa shape index (κ3) is 4.88. The second-order valence-electron chi connectivity index (χ2n) is 4.77. The SMILES string of the molecule is CCNC(C)(CCSc1ccc(C)cc1)C(=O)OC. The van der Waals surface area contributed by atoms with Crippen LogP contribution in [0.5, 0.6) is 0 Å². The zero-order valence-electron chi connectivity index (χ0n) is 12.2. The van der Waals surface area contributed by atoms with E-state index in [1.54, 1.807) is 11.8 Å². The van der Waals surface area contributed by atoms with E-state index in [-0.39, 0.29) is 5.97 Å². The summed E-state index contributed by atoms with van der Waals surface area (Å²) in [6.45, 7) is 6.72. The Morgan fingerprint density at radius 1 is 1.37 bits per heavy atom. The van der Waals surface area contributed by atoms with Crippen LogP contribution < -0.4 is 5.32 Å². The molecule has 0 fully saturated rings. The highest BCUT2D eigenvalue weighted by Crippen LogP contribution is 2.23. The van der Waals surface area contributed by atoms with Gasteiger partial charge in [0.05, 0.1) is 7.11 Å². The van der Waals surface area contributed by atoms with Crippen LogP contribution in [-0.2, 0) is 9.53 Å². The zero-order valence-corrected chi connectivity index (χ0v) is 13.0. The van der Waals surface area contributed by atoms with E-state index < -0.39 is 5.54 Å². The summed E-state index contributed by atoms with van der Waals surface area (Å²) in [6.07, 6.45) is 0.742. The monoisotopic (exact) mass is 281 g/mol. The summed E-state index contributed by atoms with van der Waals surface area (Å²) >= 11 is 1.76. The summed E-state index contributed by atoms with van der Waals surface area (Å²) in [4.78, 5) is 13.0. The standard InChI is InChI=1S/C15H23NO2S/c1-5-16-15(3,14(17)18-4)10-11-19-13-8-6-12(2)7-9-13/h6-9,16H,5,10-11H2,1-4H3. The van der Waals surface area contributed by atoms with Crippen LogP contribution in [0.15, 0.2) is 29.2 Å². The first-order valence-electron chi connectivity index (χ1n) is 6.54. The van der Waals surface area contributed by atoms with Crippen molar-refractivity contribution in [1.82, 2.24) is 5.32 Å². The number of likely N-dealkylation sites (N-methyl/N-ethyl adjacent to an activating group) is 1. The zero-order chi connectivity index (χ0) is 14.3. The first kappa shape index (κ1) is 16.1. The van der Waals surface area contributed by atoms with Gasteiger partial charge in [0, 0.05) is 10.6 Å². The highest BCUT2D eigenvalue weighted by atomic mass is 32.2. The second kappa shape index (κ2) is 7.56. The number of rotatable bonds is 7. The number of thioether (sulfide) groups is 1. The lowest BCUT2D eigenvalue weighted by atomic mass is 9.99. The molecule has 1 atom stereocenters. The molecule has 1 rings (SSSR count). The van der Waals surface area contributed by atoms with Gasteiger partial charge in [0.2, 0.25) is 0 Å². The van der Waals surface area contributed by atoms with Crippen LogP contribution in [0.2, 0.25) is 0 Å². The maximum atomic E-state index is 11.8. The molecule has 0 heterocycles. The first-order chi connectivity index (χ1) is 9.01. The Morgan fingerprint density at radius 3 is 2.53 bits per heavy atom. The molecule has 0 amide bonds. The fraction of sp³-hybridized carbons (Fsp3) is 0.533. The van der Waals surface area contributed by atoms with Gasteiger partial charge in [0.25, 0.3) is 0 Å². The third-order valence-electron chi connectivity index (χ3n) is 3.09. The second-order valence-corrected chi connectivity index (χ2v) is 5.93. The van der Waals surface area contributed by atoms with Gasteiger partial charge < -0.3 is 10.1 Å². The van der Waals surface area contributed by atoms with Gasteiger partial charge in [-0.1, -0.05) is 24.6 Å².